The van der Waals surface area contributed by atoms with Gasteiger partial charge in [-0.25, -0.2) is 19.4 Å². The van der Waals surface area contributed by atoms with Crippen LogP contribution in [-0.2, 0) is 4.79 Å². The molecule has 0 aliphatic heterocycles. The lowest BCUT2D eigenvalue weighted by atomic mass is 9.90. The fraction of sp³-hybridized carbons (Fsp3) is 0.231. The highest BCUT2D eigenvalue weighted by molar-refractivity contribution is 5.98. The molecule has 0 saturated heterocycles. The van der Waals surface area contributed by atoms with Gasteiger partial charge in [0.1, 0.15) is 35.1 Å². The van der Waals surface area contributed by atoms with Crippen molar-refractivity contribution in [1.82, 2.24) is 19.7 Å². The minimum atomic E-state index is -0.899. The number of nitrogen functional groups attached to an aromatic ring is 1. The van der Waals surface area contributed by atoms with E-state index in [-0.39, 0.29) is 6.04 Å². The molecular formula is C26H25N5O4. The molecule has 0 bridgehead atoms. The first kappa shape index (κ1) is 22.4. The maximum Gasteiger partial charge on any atom is 0.328 e. The lowest BCUT2D eigenvalue weighted by Crippen LogP contribution is -2.16. The maximum absolute atomic E-state index is 11.0. The second-order valence-electron chi connectivity index (χ2n) is 8.43. The molecule has 1 fully saturated rings. The average molecular weight is 472 g/mol. The number of hydrogen-bond acceptors (Lipinski definition) is 7. The fourth-order valence-electron chi connectivity index (χ4n) is 4.47. The number of nitrogens with two attached hydrogens (primary N) is 1. The Balaban J connectivity index is 1.44. The molecule has 9 nitrogen and oxygen atoms in total. The largest absolute Gasteiger partial charge is 0.497 e. The van der Waals surface area contributed by atoms with Gasteiger partial charge in [0.05, 0.1) is 18.5 Å². The van der Waals surface area contributed by atoms with Crippen LogP contribution in [0.3, 0.4) is 0 Å². The van der Waals surface area contributed by atoms with Crippen molar-refractivity contribution in [1.29, 1.82) is 0 Å². The molecule has 35 heavy (non-hydrogen) atoms. The van der Waals surface area contributed by atoms with E-state index in [0.717, 1.165) is 29.7 Å². The summed E-state index contributed by atoms with van der Waals surface area (Å²) >= 11 is 0. The van der Waals surface area contributed by atoms with E-state index < -0.39 is 5.97 Å². The molecule has 2 aromatic carbocycles. The molecule has 1 aliphatic rings. The summed E-state index contributed by atoms with van der Waals surface area (Å²) in [6, 6.07) is 15.1. The van der Waals surface area contributed by atoms with Gasteiger partial charge in [-0.1, -0.05) is 11.6 Å². The van der Waals surface area contributed by atoms with Crippen LogP contribution in [0.1, 0.15) is 31.7 Å². The summed E-state index contributed by atoms with van der Waals surface area (Å²) in [5, 5.41) is 14.7. The molecule has 0 radical (unpaired) electrons. The van der Waals surface area contributed by atoms with Gasteiger partial charge in [-0.15, -0.1) is 0 Å². The number of rotatable bonds is 6. The average Bonchev–Trinajstić information content (AvgIpc) is 3.26. The van der Waals surface area contributed by atoms with Crippen LogP contribution in [0.15, 0.2) is 66.5 Å². The number of ether oxygens (including phenoxy) is 2. The Kier molecular flexibility index (Phi) is 6.05. The summed E-state index contributed by atoms with van der Waals surface area (Å²) in [6.07, 6.45) is 5.76. The molecule has 4 aromatic rings. The molecule has 9 heteroatoms. The van der Waals surface area contributed by atoms with Gasteiger partial charge >= 0.3 is 5.97 Å². The molecule has 0 unspecified atom stereocenters. The lowest BCUT2D eigenvalue weighted by molar-refractivity contribution is -0.131. The number of allylic oxidation sites excluding steroid dienone is 1. The van der Waals surface area contributed by atoms with Crippen molar-refractivity contribution in [2.45, 2.75) is 31.7 Å². The number of aliphatic carboxylic acids is 1. The smallest absolute Gasteiger partial charge is 0.328 e. The number of carboxylic acids is 1. The van der Waals surface area contributed by atoms with Crippen molar-refractivity contribution >= 4 is 22.8 Å². The highest BCUT2D eigenvalue weighted by atomic mass is 16.5. The Bertz CT molecular complexity index is 1400. The van der Waals surface area contributed by atoms with Gasteiger partial charge in [0.2, 0.25) is 0 Å². The van der Waals surface area contributed by atoms with Gasteiger partial charge in [0.15, 0.2) is 5.65 Å². The predicted octanol–water partition coefficient (Wildman–Crippen LogP) is 5.00. The van der Waals surface area contributed by atoms with Gasteiger partial charge in [0, 0.05) is 17.7 Å². The number of hydrogen-bond donors (Lipinski definition) is 2. The molecule has 3 N–H and O–H groups in total. The standard InChI is InChI=1S/C26H25N5O4/c1-34-20-3-2-4-21(14-20)35-19-11-7-17(8-12-19)24-23-25(27)28-15-29-26(23)31(30-24)18-9-5-16(6-10-18)13-22(32)33/h2-4,7-8,11-15,18H,5-6,9-10H2,1H3,(H,32,33)(H2,27,28,29). The third kappa shape index (κ3) is 4.65. The van der Waals surface area contributed by atoms with E-state index in [1.165, 1.54) is 12.4 Å². The van der Waals surface area contributed by atoms with Crippen molar-refractivity contribution in [3.05, 3.63) is 66.5 Å². The van der Waals surface area contributed by atoms with E-state index in [1.807, 2.05) is 53.2 Å². The first-order chi connectivity index (χ1) is 17.0. The van der Waals surface area contributed by atoms with Crippen LogP contribution in [0.5, 0.6) is 17.2 Å². The zero-order chi connectivity index (χ0) is 24.4. The van der Waals surface area contributed by atoms with Gasteiger partial charge in [-0.2, -0.15) is 5.10 Å². The number of aromatic nitrogens is 4. The highest BCUT2D eigenvalue weighted by Crippen LogP contribution is 2.37. The normalized spacial score (nSPS) is 15.7. The third-order valence-corrected chi connectivity index (χ3v) is 6.19. The van der Waals surface area contributed by atoms with E-state index in [1.54, 1.807) is 7.11 Å². The summed E-state index contributed by atoms with van der Waals surface area (Å²) in [4.78, 5) is 19.7. The molecule has 178 valence electrons. The molecule has 0 spiro atoms. The molecule has 5 rings (SSSR count). The molecule has 0 amide bonds. The number of nitrogens with zero attached hydrogens (tertiary/aromatic N) is 4. The van der Waals surface area contributed by atoms with Crippen LogP contribution in [-0.4, -0.2) is 37.9 Å². The Hall–Kier alpha value is -4.40. The van der Waals surface area contributed by atoms with Crippen molar-refractivity contribution in [3.8, 4) is 28.5 Å². The summed E-state index contributed by atoms with van der Waals surface area (Å²) < 4.78 is 13.1. The van der Waals surface area contributed by atoms with Crippen molar-refractivity contribution in [2.24, 2.45) is 0 Å². The predicted molar refractivity (Wildman–Crippen MR) is 131 cm³/mol. The minimum absolute atomic E-state index is 0.0992. The molecule has 1 aliphatic carbocycles. The van der Waals surface area contributed by atoms with Crippen molar-refractivity contribution < 1.29 is 19.4 Å². The monoisotopic (exact) mass is 471 g/mol. The molecule has 2 aromatic heterocycles. The third-order valence-electron chi connectivity index (χ3n) is 6.19. The van der Waals surface area contributed by atoms with Crippen molar-refractivity contribution in [3.63, 3.8) is 0 Å². The summed E-state index contributed by atoms with van der Waals surface area (Å²) in [5.41, 5.74) is 9.47. The fourth-order valence-corrected chi connectivity index (χ4v) is 4.47. The van der Waals surface area contributed by atoms with Gasteiger partial charge in [0.25, 0.3) is 0 Å². The molecule has 0 atom stereocenters. The molecular weight excluding hydrogens is 446 g/mol. The summed E-state index contributed by atoms with van der Waals surface area (Å²) in [5.74, 6) is 1.55. The van der Waals surface area contributed by atoms with Gasteiger partial charge in [-0.3, -0.25) is 0 Å². The second-order valence-corrected chi connectivity index (χ2v) is 8.43. The van der Waals surface area contributed by atoms with Crippen LogP contribution in [0.4, 0.5) is 5.82 Å². The van der Waals surface area contributed by atoms with Crippen molar-refractivity contribution in [2.75, 3.05) is 12.8 Å². The number of benzene rings is 2. The Labute approximate surface area is 201 Å². The minimum Gasteiger partial charge on any atom is -0.497 e. The van der Waals surface area contributed by atoms with E-state index in [9.17, 15) is 4.79 Å². The van der Waals surface area contributed by atoms with Crippen LogP contribution in [0.25, 0.3) is 22.3 Å². The van der Waals surface area contributed by atoms with E-state index in [2.05, 4.69) is 9.97 Å². The zero-order valence-electron chi connectivity index (χ0n) is 19.2. The quantitative estimate of drug-likeness (QED) is 0.376. The number of anilines is 1. The molecule has 1 saturated carbocycles. The maximum atomic E-state index is 11.0. The molecule has 2 heterocycles. The first-order valence-corrected chi connectivity index (χ1v) is 11.3. The van der Waals surface area contributed by atoms with Crippen LogP contribution >= 0.6 is 0 Å². The zero-order valence-corrected chi connectivity index (χ0v) is 19.2. The Morgan fingerprint density at radius 2 is 1.83 bits per heavy atom. The van der Waals surface area contributed by atoms with E-state index >= 15 is 0 Å². The van der Waals surface area contributed by atoms with Gasteiger partial charge in [-0.05, 0) is 62.1 Å². The number of carbonyl (C=O) groups is 1. The van der Waals surface area contributed by atoms with Gasteiger partial charge < -0.3 is 20.3 Å². The number of fused-ring (bicyclic) bond motifs is 1. The first-order valence-electron chi connectivity index (χ1n) is 11.3. The van der Waals surface area contributed by atoms with E-state index in [4.69, 9.17) is 25.4 Å². The van der Waals surface area contributed by atoms with Crippen LogP contribution < -0.4 is 15.2 Å². The highest BCUT2D eigenvalue weighted by Gasteiger charge is 2.25. The SMILES string of the molecule is COc1cccc(Oc2ccc(-c3nn(C4CCC(=CC(=O)O)CC4)c4ncnc(N)c34)cc2)c1. The van der Waals surface area contributed by atoms with Crippen LogP contribution in [0, 0.1) is 0 Å². The summed E-state index contributed by atoms with van der Waals surface area (Å²) in [6.45, 7) is 0. The Morgan fingerprint density at radius 1 is 1.09 bits per heavy atom. The number of methoxy groups -OCH3 is 1. The van der Waals surface area contributed by atoms with Crippen LogP contribution in [0.2, 0.25) is 0 Å². The topological polar surface area (TPSA) is 125 Å². The lowest BCUT2D eigenvalue weighted by Gasteiger charge is -2.24. The summed E-state index contributed by atoms with van der Waals surface area (Å²) in [7, 11) is 1.62. The number of carboxylic acid groups (broad SMARTS) is 1. The second kappa shape index (κ2) is 9.46. The van der Waals surface area contributed by atoms with E-state index in [0.29, 0.717) is 46.9 Å². The Morgan fingerprint density at radius 3 is 2.54 bits per heavy atom.